The van der Waals surface area contributed by atoms with Crippen molar-refractivity contribution in [2.45, 2.75) is 26.4 Å². The van der Waals surface area contributed by atoms with Crippen LogP contribution in [-0.4, -0.2) is 16.4 Å². The number of nitrogens with zero attached hydrogens (tertiary/aromatic N) is 1. The van der Waals surface area contributed by atoms with Gasteiger partial charge in [0.05, 0.1) is 19.2 Å². The molecule has 0 aliphatic rings. The van der Waals surface area contributed by atoms with E-state index in [0.717, 1.165) is 16.5 Å². The Hall–Kier alpha value is -3.87. The SMILES string of the molecule is CCn1c(C(=O)NCc2ccco2)cc2cc(NC(=O)Cc3ccc(F)cc3)ccc21. The number of rotatable bonds is 7. The number of hydrogen-bond donors (Lipinski definition) is 2. The molecule has 2 N–H and O–H groups in total. The van der Waals surface area contributed by atoms with Gasteiger partial charge in [0.25, 0.3) is 5.91 Å². The number of halogens is 1. The quantitative estimate of drug-likeness (QED) is 0.463. The number of nitrogens with one attached hydrogen (secondary N) is 2. The largest absolute Gasteiger partial charge is 0.467 e. The van der Waals surface area contributed by atoms with Crippen LogP contribution >= 0.6 is 0 Å². The van der Waals surface area contributed by atoms with Crippen molar-refractivity contribution in [2.75, 3.05) is 5.32 Å². The second-order valence-electron chi connectivity index (χ2n) is 7.16. The lowest BCUT2D eigenvalue weighted by molar-refractivity contribution is -0.115. The third kappa shape index (κ3) is 4.66. The monoisotopic (exact) mass is 419 g/mol. The van der Waals surface area contributed by atoms with Crippen LogP contribution in [0.1, 0.15) is 28.7 Å². The number of furan rings is 1. The van der Waals surface area contributed by atoms with Gasteiger partial charge in [-0.3, -0.25) is 9.59 Å². The second-order valence-corrected chi connectivity index (χ2v) is 7.16. The molecule has 0 saturated carbocycles. The zero-order valence-electron chi connectivity index (χ0n) is 17.0. The standard InChI is InChI=1S/C24H22FN3O3/c1-2-28-21-10-9-19(27-23(29)12-16-5-7-18(25)8-6-16)13-17(21)14-22(28)24(30)26-15-20-4-3-11-31-20/h3-11,13-14H,2,12,15H2,1H3,(H,26,30)(H,27,29). The highest BCUT2D eigenvalue weighted by Gasteiger charge is 2.16. The van der Waals surface area contributed by atoms with Gasteiger partial charge in [-0.05, 0) is 61.0 Å². The maximum absolute atomic E-state index is 13.0. The van der Waals surface area contributed by atoms with Crippen molar-refractivity contribution in [2.24, 2.45) is 0 Å². The Bertz CT molecular complexity index is 1210. The van der Waals surface area contributed by atoms with E-state index >= 15 is 0 Å². The van der Waals surface area contributed by atoms with E-state index in [1.807, 2.05) is 35.8 Å². The lowest BCUT2D eigenvalue weighted by atomic mass is 10.1. The van der Waals surface area contributed by atoms with Gasteiger partial charge in [-0.1, -0.05) is 12.1 Å². The Kier molecular flexibility index (Phi) is 5.84. The van der Waals surface area contributed by atoms with Gasteiger partial charge in [-0.15, -0.1) is 0 Å². The van der Waals surface area contributed by atoms with E-state index in [2.05, 4.69) is 10.6 Å². The molecule has 0 atom stereocenters. The van der Waals surface area contributed by atoms with Crippen LogP contribution in [0.2, 0.25) is 0 Å². The van der Waals surface area contributed by atoms with Gasteiger partial charge >= 0.3 is 0 Å². The summed E-state index contributed by atoms with van der Waals surface area (Å²) >= 11 is 0. The van der Waals surface area contributed by atoms with Gasteiger partial charge in [-0.25, -0.2) is 4.39 Å². The Morgan fingerprint density at radius 1 is 1.06 bits per heavy atom. The first-order chi connectivity index (χ1) is 15.0. The Balaban J connectivity index is 1.49. The lowest BCUT2D eigenvalue weighted by Gasteiger charge is -2.09. The van der Waals surface area contributed by atoms with E-state index in [-0.39, 0.29) is 24.1 Å². The summed E-state index contributed by atoms with van der Waals surface area (Å²) in [6.07, 6.45) is 1.71. The molecule has 0 radical (unpaired) electrons. The van der Waals surface area contributed by atoms with Crippen molar-refractivity contribution < 1.29 is 18.4 Å². The Morgan fingerprint density at radius 2 is 1.87 bits per heavy atom. The van der Waals surface area contributed by atoms with Crippen LogP contribution < -0.4 is 10.6 Å². The van der Waals surface area contributed by atoms with Gasteiger partial charge in [0, 0.05) is 23.1 Å². The number of benzene rings is 2. The summed E-state index contributed by atoms with van der Waals surface area (Å²) < 4.78 is 20.2. The average molecular weight is 419 g/mol. The first-order valence-electron chi connectivity index (χ1n) is 10.0. The van der Waals surface area contributed by atoms with Crippen LogP contribution in [0, 0.1) is 5.82 Å². The highest BCUT2D eigenvalue weighted by atomic mass is 19.1. The summed E-state index contributed by atoms with van der Waals surface area (Å²) in [4.78, 5) is 25.1. The van der Waals surface area contributed by atoms with Crippen LogP contribution in [0.25, 0.3) is 10.9 Å². The van der Waals surface area contributed by atoms with Crippen LogP contribution in [0.4, 0.5) is 10.1 Å². The molecule has 2 aromatic heterocycles. The molecule has 2 amide bonds. The van der Waals surface area contributed by atoms with Gasteiger partial charge in [0.2, 0.25) is 5.91 Å². The number of anilines is 1. The number of aromatic nitrogens is 1. The van der Waals surface area contributed by atoms with Gasteiger partial charge in [0.15, 0.2) is 0 Å². The van der Waals surface area contributed by atoms with E-state index in [1.54, 1.807) is 30.5 Å². The maximum atomic E-state index is 13.0. The maximum Gasteiger partial charge on any atom is 0.268 e. The number of carbonyl (C=O) groups excluding carboxylic acids is 2. The van der Waals surface area contributed by atoms with Crippen molar-refractivity contribution >= 4 is 28.4 Å². The first-order valence-corrected chi connectivity index (χ1v) is 10.0. The lowest BCUT2D eigenvalue weighted by Crippen LogP contribution is -2.25. The molecular weight excluding hydrogens is 397 g/mol. The molecule has 6 nitrogen and oxygen atoms in total. The van der Waals surface area contributed by atoms with Crippen LogP contribution in [0.5, 0.6) is 0 Å². The molecule has 0 spiro atoms. The van der Waals surface area contributed by atoms with Gasteiger partial charge in [0.1, 0.15) is 17.3 Å². The second kappa shape index (κ2) is 8.87. The molecule has 0 aliphatic heterocycles. The molecule has 0 aliphatic carbocycles. The summed E-state index contributed by atoms with van der Waals surface area (Å²) in [7, 11) is 0. The molecule has 2 aromatic carbocycles. The first kappa shape index (κ1) is 20.4. The molecule has 4 aromatic rings. The van der Waals surface area contributed by atoms with Crippen molar-refractivity contribution in [1.82, 2.24) is 9.88 Å². The molecular formula is C24H22FN3O3. The van der Waals surface area contributed by atoms with Gasteiger partial charge < -0.3 is 19.6 Å². The number of aryl methyl sites for hydroxylation is 1. The molecule has 2 heterocycles. The van der Waals surface area contributed by atoms with E-state index in [1.165, 1.54) is 12.1 Å². The molecule has 0 unspecified atom stereocenters. The Morgan fingerprint density at radius 3 is 2.58 bits per heavy atom. The fraction of sp³-hybridized carbons (Fsp3) is 0.167. The van der Waals surface area contributed by atoms with Crippen LogP contribution in [0.3, 0.4) is 0 Å². The number of fused-ring (bicyclic) bond motifs is 1. The van der Waals surface area contributed by atoms with Crippen LogP contribution in [0.15, 0.2) is 71.3 Å². The van der Waals surface area contributed by atoms with E-state index < -0.39 is 0 Å². The fourth-order valence-electron chi connectivity index (χ4n) is 3.54. The van der Waals surface area contributed by atoms with Crippen molar-refractivity contribution in [3.05, 3.63) is 89.8 Å². The smallest absolute Gasteiger partial charge is 0.268 e. The molecule has 0 fully saturated rings. The van der Waals surface area contributed by atoms with E-state index in [0.29, 0.717) is 30.2 Å². The zero-order valence-corrected chi connectivity index (χ0v) is 17.0. The van der Waals surface area contributed by atoms with Gasteiger partial charge in [-0.2, -0.15) is 0 Å². The van der Waals surface area contributed by atoms with Crippen molar-refractivity contribution in [3.8, 4) is 0 Å². The number of amides is 2. The fourth-order valence-corrected chi connectivity index (χ4v) is 3.54. The molecule has 31 heavy (non-hydrogen) atoms. The molecule has 158 valence electrons. The van der Waals surface area contributed by atoms with E-state index in [4.69, 9.17) is 4.42 Å². The van der Waals surface area contributed by atoms with Crippen molar-refractivity contribution in [3.63, 3.8) is 0 Å². The third-order valence-electron chi connectivity index (χ3n) is 5.02. The minimum absolute atomic E-state index is 0.148. The minimum atomic E-state index is -0.334. The Labute approximate surface area is 178 Å². The molecule has 7 heteroatoms. The number of hydrogen-bond acceptors (Lipinski definition) is 3. The number of carbonyl (C=O) groups is 2. The molecule has 0 bridgehead atoms. The molecule has 0 saturated heterocycles. The highest BCUT2D eigenvalue weighted by Crippen LogP contribution is 2.24. The van der Waals surface area contributed by atoms with Crippen molar-refractivity contribution in [1.29, 1.82) is 0 Å². The van der Waals surface area contributed by atoms with E-state index in [9.17, 15) is 14.0 Å². The predicted molar refractivity (Wildman–Crippen MR) is 116 cm³/mol. The molecule has 4 rings (SSSR count). The summed E-state index contributed by atoms with van der Waals surface area (Å²) in [5.41, 5.74) is 2.81. The average Bonchev–Trinajstić information content (AvgIpc) is 3.40. The topological polar surface area (TPSA) is 76.3 Å². The highest BCUT2D eigenvalue weighted by molar-refractivity contribution is 6.00. The summed E-state index contributed by atoms with van der Waals surface area (Å²) in [6.45, 7) is 2.91. The summed E-state index contributed by atoms with van der Waals surface area (Å²) in [5, 5.41) is 6.58. The summed E-state index contributed by atoms with van der Waals surface area (Å²) in [6, 6.07) is 16.8. The normalized spacial score (nSPS) is 10.9. The zero-order chi connectivity index (χ0) is 21.8. The minimum Gasteiger partial charge on any atom is -0.467 e. The predicted octanol–water partition coefficient (Wildman–Crippen LogP) is 4.50. The third-order valence-corrected chi connectivity index (χ3v) is 5.02. The van der Waals surface area contributed by atoms with Crippen LogP contribution in [-0.2, 0) is 24.3 Å². The summed E-state index contributed by atoms with van der Waals surface area (Å²) in [5.74, 6) is -0.0497.